The Kier molecular flexibility index (Phi) is 4.87. The van der Waals surface area contributed by atoms with Crippen LogP contribution in [0.1, 0.15) is 0 Å². The summed E-state index contributed by atoms with van der Waals surface area (Å²) in [5.41, 5.74) is 6.81. The second kappa shape index (κ2) is 6.63. The fraction of sp³-hybridized carbons (Fsp3) is 0.0714. The van der Waals surface area contributed by atoms with Crippen molar-refractivity contribution in [3.05, 3.63) is 52.0 Å². The molecule has 2 rings (SSSR count). The Morgan fingerprint density at radius 1 is 1.30 bits per heavy atom. The zero-order valence-electron chi connectivity index (χ0n) is 10.4. The van der Waals surface area contributed by atoms with E-state index in [0.717, 1.165) is 4.47 Å². The van der Waals surface area contributed by atoms with Crippen LogP contribution in [0.2, 0.25) is 5.02 Å². The van der Waals surface area contributed by atoms with E-state index in [2.05, 4.69) is 21.2 Å². The van der Waals surface area contributed by atoms with Crippen molar-refractivity contribution in [1.29, 1.82) is 0 Å². The van der Waals surface area contributed by atoms with Gasteiger partial charge in [0.25, 0.3) is 5.91 Å². The Labute approximate surface area is 130 Å². The van der Waals surface area contributed by atoms with E-state index in [1.54, 1.807) is 30.3 Å². The highest BCUT2D eigenvalue weighted by molar-refractivity contribution is 9.10. The van der Waals surface area contributed by atoms with Crippen LogP contribution in [0.3, 0.4) is 0 Å². The molecule has 0 atom stereocenters. The molecule has 20 heavy (non-hydrogen) atoms. The normalized spacial score (nSPS) is 10.1. The van der Waals surface area contributed by atoms with Crippen molar-refractivity contribution in [3.63, 3.8) is 0 Å². The first-order chi connectivity index (χ1) is 9.54. The lowest BCUT2D eigenvalue weighted by Crippen LogP contribution is -2.20. The van der Waals surface area contributed by atoms with Crippen LogP contribution >= 0.6 is 27.5 Å². The molecule has 0 saturated heterocycles. The monoisotopic (exact) mass is 354 g/mol. The molecule has 0 spiro atoms. The number of benzene rings is 2. The highest BCUT2D eigenvalue weighted by Crippen LogP contribution is 2.26. The lowest BCUT2D eigenvalue weighted by Gasteiger charge is -2.09. The van der Waals surface area contributed by atoms with Gasteiger partial charge in [0.15, 0.2) is 6.61 Å². The van der Waals surface area contributed by atoms with E-state index in [9.17, 15) is 4.79 Å². The zero-order chi connectivity index (χ0) is 14.5. The van der Waals surface area contributed by atoms with Crippen molar-refractivity contribution >= 4 is 44.8 Å². The van der Waals surface area contributed by atoms with Gasteiger partial charge in [0.2, 0.25) is 0 Å². The molecule has 2 aromatic rings. The predicted octanol–water partition coefficient (Wildman–Crippen LogP) is 3.70. The Morgan fingerprint density at radius 2 is 2.10 bits per heavy atom. The van der Waals surface area contributed by atoms with Crippen LogP contribution in [0.5, 0.6) is 5.75 Å². The van der Waals surface area contributed by atoms with Crippen LogP contribution in [-0.2, 0) is 4.79 Å². The highest BCUT2D eigenvalue weighted by Gasteiger charge is 2.07. The van der Waals surface area contributed by atoms with E-state index < -0.39 is 0 Å². The first-order valence-corrected chi connectivity index (χ1v) is 6.95. The first kappa shape index (κ1) is 14.7. The van der Waals surface area contributed by atoms with Gasteiger partial charge < -0.3 is 15.8 Å². The SMILES string of the molecule is Nc1ccc(OCC(=O)Nc2cccc(Br)c2)c(Cl)c1. The molecular weight excluding hydrogens is 344 g/mol. The molecule has 0 heterocycles. The van der Waals surface area contributed by atoms with Crippen LogP contribution < -0.4 is 15.8 Å². The molecule has 0 aromatic heterocycles. The molecule has 0 aliphatic rings. The molecule has 2 aromatic carbocycles. The van der Waals surface area contributed by atoms with Gasteiger partial charge in [-0.1, -0.05) is 33.6 Å². The maximum atomic E-state index is 11.8. The lowest BCUT2D eigenvalue weighted by molar-refractivity contribution is -0.118. The number of carbonyl (C=O) groups is 1. The third-order valence-corrected chi connectivity index (χ3v) is 3.21. The number of nitrogen functional groups attached to an aromatic ring is 1. The predicted molar refractivity (Wildman–Crippen MR) is 84.1 cm³/mol. The molecule has 0 aliphatic heterocycles. The van der Waals surface area contributed by atoms with E-state index >= 15 is 0 Å². The van der Waals surface area contributed by atoms with E-state index in [4.69, 9.17) is 22.1 Å². The van der Waals surface area contributed by atoms with Crippen molar-refractivity contribution in [3.8, 4) is 5.75 Å². The molecule has 0 bridgehead atoms. The number of hydrogen-bond acceptors (Lipinski definition) is 3. The number of anilines is 2. The van der Waals surface area contributed by atoms with Crippen molar-refractivity contribution < 1.29 is 9.53 Å². The van der Waals surface area contributed by atoms with Crippen molar-refractivity contribution in [2.24, 2.45) is 0 Å². The smallest absolute Gasteiger partial charge is 0.262 e. The van der Waals surface area contributed by atoms with E-state index in [0.29, 0.717) is 22.1 Å². The van der Waals surface area contributed by atoms with Crippen LogP contribution in [0.15, 0.2) is 46.9 Å². The van der Waals surface area contributed by atoms with Crippen LogP contribution in [0.4, 0.5) is 11.4 Å². The molecular formula is C14H12BrClN2O2. The topological polar surface area (TPSA) is 64.3 Å². The van der Waals surface area contributed by atoms with Crippen LogP contribution in [0.25, 0.3) is 0 Å². The first-order valence-electron chi connectivity index (χ1n) is 5.78. The van der Waals surface area contributed by atoms with Gasteiger partial charge in [-0.15, -0.1) is 0 Å². The Hall–Kier alpha value is -1.72. The van der Waals surface area contributed by atoms with Gasteiger partial charge in [-0.2, -0.15) is 0 Å². The minimum Gasteiger partial charge on any atom is -0.482 e. The van der Waals surface area contributed by atoms with E-state index in [-0.39, 0.29) is 12.5 Å². The van der Waals surface area contributed by atoms with Gasteiger partial charge in [-0.3, -0.25) is 4.79 Å². The number of halogens is 2. The standard InChI is InChI=1S/C14H12BrClN2O2/c15-9-2-1-3-11(6-9)18-14(19)8-20-13-5-4-10(17)7-12(13)16/h1-7H,8,17H2,(H,18,19). The van der Waals surface area contributed by atoms with Gasteiger partial charge in [0, 0.05) is 15.8 Å². The summed E-state index contributed by atoms with van der Waals surface area (Å²) in [6.45, 7) is -0.129. The molecule has 6 heteroatoms. The molecule has 0 aliphatic carbocycles. The maximum absolute atomic E-state index is 11.8. The minimum absolute atomic E-state index is 0.129. The third kappa shape index (κ3) is 4.15. The third-order valence-electron chi connectivity index (χ3n) is 2.42. The quantitative estimate of drug-likeness (QED) is 0.822. The summed E-state index contributed by atoms with van der Waals surface area (Å²) in [6.07, 6.45) is 0. The van der Waals surface area contributed by atoms with Crippen LogP contribution in [0, 0.1) is 0 Å². The van der Waals surface area contributed by atoms with Gasteiger partial charge >= 0.3 is 0 Å². The Balaban J connectivity index is 1.92. The number of hydrogen-bond donors (Lipinski definition) is 2. The molecule has 0 saturated carbocycles. The average Bonchev–Trinajstić information content (AvgIpc) is 2.37. The van der Waals surface area contributed by atoms with Gasteiger partial charge in [-0.25, -0.2) is 0 Å². The zero-order valence-corrected chi connectivity index (χ0v) is 12.7. The van der Waals surface area contributed by atoms with Crippen molar-refractivity contribution in [2.75, 3.05) is 17.7 Å². The molecule has 1 amide bonds. The number of amides is 1. The van der Waals surface area contributed by atoms with Gasteiger partial charge in [0.05, 0.1) is 5.02 Å². The molecule has 0 radical (unpaired) electrons. The molecule has 3 N–H and O–H groups in total. The molecule has 4 nitrogen and oxygen atoms in total. The highest BCUT2D eigenvalue weighted by atomic mass is 79.9. The largest absolute Gasteiger partial charge is 0.482 e. The maximum Gasteiger partial charge on any atom is 0.262 e. The molecule has 0 fully saturated rings. The fourth-order valence-electron chi connectivity index (χ4n) is 1.54. The number of nitrogens with two attached hydrogens (primary N) is 1. The van der Waals surface area contributed by atoms with Crippen LogP contribution in [-0.4, -0.2) is 12.5 Å². The lowest BCUT2D eigenvalue weighted by atomic mass is 10.3. The summed E-state index contributed by atoms with van der Waals surface area (Å²) in [4.78, 5) is 11.8. The summed E-state index contributed by atoms with van der Waals surface area (Å²) in [5.74, 6) is 0.154. The molecule has 0 unspecified atom stereocenters. The van der Waals surface area contributed by atoms with E-state index in [1.807, 2.05) is 12.1 Å². The van der Waals surface area contributed by atoms with Crippen molar-refractivity contribution in [2.45, 2.75) is 0 Å². The number of ether oxygens (including phenoxy) is 1. The summed E-state index contributed by atoms with van der Waals surface area (Å²) in [7, 11) is 0. The average molecular weight is 356 g/mol. The summed E-state index contributed by atoms with van der Waals surface area (Å²) in [5, 5.41) is 3.10. The van der Waals surface area contributed by atoms with E-state index in [1.165, 1.54) is 0 Å². The fourth-order valence-corrected chi connectivity index (χ4v) is 2.18. The number of carbonyl (C=O) groups excluding carboxylic acids is 1. The second-order valence-electron chi connectivity index (χ2n) is 4.04. The summed E-state index contributed by atoms with van der Waals surface area (Å²) >= 11 is 9.28. The Bertz CT molecular complexity index is 634. The summed E-state index contributed by atoms with van der Waals surface area (Å²) in [6, 6.07) is 12.2. The molecule has 104 valence electrons. The van der Waals surface area contributed by atoms with Gasteiger partial charge in [0.1, 0.15) is 5.75 Å². The number of rotatable bonds is 4. The number of nitrogens with one attached hydrogen (secondary N) is 1. The van der Waals surface area contributed by atoms with Crippen molar-refractivity contribution in [1.82, 2.24) is 0 Å². The van der Waals surface area contributed by atoms with Gasteiger partial charge in [-0.05, 0) is 36.4 Å². The minimum atomic E-state index is -0.268. The Morgan fingerprint density at radius 3 is 2.80 bits per heavy atom. The summed E-state index contributed by atoms with van der Waals surface area (Å²) < 4.78 is 6.23. The second-order valence-corrected chi connectivity index (χ2v) is 5.36.